The molecule has 22 heavy (non-hydrogen) atoms. The first-order valence-corrected chi connectivity index (χ1v) is 7.71. The summed E-state index contributed by atoms with van der Waals surface area (Å²) in [6.07, 6.45) is 0.464. The van der Waals surface area contributed by atoms with Crippen molar-refractivity contribution in [2.24, 2.45) is 5.92 Å². The van der Waals surface area contributed by atoms with Gasteiger partial charge < -0.3 is 15.3 Å². The van der Waals surface area contributed by atoms with E-state index >= 15 is 0 Å². The quantitative estimate of drug-likeness (QED) is 0.791. The summed E-state index contributed by atoms with van der Waals surface area (Å²) < 4.78 is 0.961. The maximum Gasteiger partial charge on any atom is 0.315 e. The lowest BCUT2D eigenvalue weighted by molar-refractivity contribution is -0.146. The second kappa shape index (κ2) is 6.48. The first kappa shape index (κ1) is 16.5. The molecule has 1 saturated heterocycles. The molecule has 2 rings (SSSR count). The highest BCUT2D eigenvalue weighted by molar-refractivity contribution is 9.10. The molecule has 1 aromatic rings. The van der Waals surface area contributed by atoms with Gasteiger partial charge in [-0.05, 0) is 44.0 Å². The second-order valence-electron chi connectivity index (χ2n) is 5.33. The minimum Gasteiger partial charge on any atom is -0.481 e. The molecule has 1 fully saturated rings. The highest BCUT2D eigenvalue weighted by Crippen LogP contribution is 2.26. The minimum atomic E-state index is -1.21. The molecule has 2 unspecified atom stereocenters. The Bertz CT molecular complexity index is 632. The van der Waals surface area contributed by atoms with E-state index in [2.05, 4.69) is 21.2 Å². The molecule has 0 spiro atoms. The van der Waals surface area contributed by atoms with E-state index in [0.29, 0.717) is 13.0 Å². The third kappa shape index (κ3) is 3.30. The zero-order chi connectivity index (χ0) is 16.4. The van der Waals surface area contributed by atoms with Crippen LogP contribution in [0.5, 0.6) is 0 Å². The summed E-state index contributed by atoms with van der Waals surface area (Å²) in [5.41, 5.74) is 1.78. The van der Waals surface area contributed by atoms with Crippen LogP contribution in [0.25, 0.3) is 0 Å². The molecule has 1 heterocycles. The molecule has 0 radical (unpaired) electrons. The molecule has 6 nitrogen and oxygen atoms in total. The number of aryl methyl sites for hydroxylation is 1. The van der Waals surface area contributed by atoms with E-state index in [1.54, 1.807) is 4.90 Å². The topological polar surface area (TPSA) is 86.7 Å². The van der Waals surface area contributed by atoms with Gasteiger partial charge in [0.25, 0.3) is 0 Å². The van der Waals surface area contributed by atoms with Crippen molar-refractivity contribution in [2.75, 3.05) is 11.4 Å². The Hall–Kier alpha value is -1.89. The standard InChI is InChI=1S/C15H17BrN2O4/c1-8-7-10(3-4-11(8)16)18-6-5-12(14(18)20)17-13(19)9(2)15(21)22/h3-4,7,9,12H,5-6H2,1-2H3,(H,17,19)(H,21,22). The van der Waals surface area contributed by atoms with Crippen LogP contribution in [-0.2, 0) is 14.4 Å². The molecule has 2 amide bonds. The summed E-state index contributed by atoms with van der Waals surface area (Å²) in [6.45, 7) is 3.72. The second-order valence-corrected chi connectivity index (χ2v) is 6.19. The monoisotopic (exact) mass is 368 g/mol. The number of rotatable bonds is 4. The number of carbonyl (C=O) groups is 3. The number of hydrogen-bond acceptors (Lipinski definition) is 3. The van der Waals surface area contributed by atoms with Crippen LogP contribution in [0.2, 0.25) is 0 Å². The van der Waals surface area contributed by atoms with E-state index in [4.69, 9.17) is 5.11 Å². The van der Waals surface area contributed by atoms with Crippen molar-refractivity contribution in [3.8, 4) is 0 Å². The van der Waals surface area contributed by atoms with Crippen molar-refractivity contribution in [1.82, 2.24) is 5.32 Å². The van der Waals surface area contributed by atoms with E-state index in [9.17, 15) is 14.4 Å². The van der Waals surface area contributed by atoms with E-state index < -0.39 is 23.8 Å². The minimum absolute atomic E-state index is 0.215. The zero-order valence-electron chi connectivity index (χ0n) is 12.3. The van der Waals surface area contributed by atoms with E-state index in [1.165, 1.54) is 6.92 Å². The third-order valence-corrected chi connectivity index (χ3v) is 4.63. The van der Waals surface area contributed by atoms with E-state index in [-0.39, 0.29) is 5.91 Å². The van der Waals surface area contributed by atoms with Gasteiger partial charge in [0.1, 0.15) is 12.0 Å². The first-order chi connectivity index (χ1) is 10.3. The van der Waals surface area contributed by atoms with Gasteiger partial charge in [-0.2, -0.15) is 0 Å². The third-order valence-electron chi connectivity index (χ3n) is 3.74. The van der Waals surface area contributed by atoms with Crippen LogP contribution in [-0.4, -0.2) is 35.5 Å². The molecule has 2 N–H and O–H groups in total. The number of carboxylic acids is 1. The van der Waals surface area contributed by atoms with Gasteiger partial charge in [-0.1, -0.05) is 15.9 Å². The smallest absolute Gasteiger partial charge is 0.315 e. The first-order valence-electron chi connectivity index (χ1n) is 6.92. The zero-order valence-corrected chi connectivity index (χ0v) is 13.9. The van der Waals surface area contributed by atoms with Gasteiger partial charge in [0, 0.05) is 16.7 Å². The molecular weight excluding hydrogens is 352 g/mol. The maximum atomic E-state index is 12.4. The summed E-state index contributed by atoms with van der Waals surface area (Å²) in [5, 5.41) is 11.3. The highest BCUT2D eigenvalue weighted by atomic mass is 79.9. The van der Waals surface area contributed by atoms with Crippen molar-refractivity contribution in [2.45, 2.75) is 26.3 Å². The van der Waals surface area contributed by atoms with Crippen LogP contribution in [0.4, 0.5) is 5.69 Å². The lowest BCUT2D eigenvalue weighted by Gasteiger charge is -2.18. The lowest BCUT2D eigenvalue weighted by atomic mass is 10.1. The molecule has 0 bridgehead atoms. The number of carbonyl (C=O) groups excluding carboxylic acids is 2. The number of amides is 2. The predicted molar refractivity (Wildman–Crippen MR) is 84.6 cm³/mol. The summed E-state index contributed by atoms with van der Waals surface area (Å²) >= 11 is 3.41. The number of halogens is 1. The Morgan fingerprint density at radius 2 is 2.14 bits per heavy atom. The highest BCUT2D eigenvalue weighted by Gasteiger charge is 2.35. The average Bonchev–Trinajstić information content (AvgIpc) is 2.82. The van der Waals surface area contributed by atoms with E-state index in [1.807, 2.05) is 25.1 Å². The number of carboxylic acid groups (broad SMARTS) is 1. The summed E-state index contributed by atoms with van der Waals surface area (Å²) in [7, 11) is 0. The van der Waals surface area contributed by atoms with Gasteiger partial charge in [0.2, 0.25) is 11.8 Å². The largest absolute Gasteiger partial charge is 0.481 e. The average molecular weight is 369 g/mol. The van der Waals surface area contributed by atoms with Gasteiger partial charge in [-0.15, -0.1) is 0 Å². The van der Waals surface area contributed by atoms with Crippen molar-refractivity contribution < 1.29 is 19.5 Å². The van der Waals surface area contributed by atoms with Crippen molar-refractivity contribution in [1.29, 1.82) is 0 Å². The Labute approximate surface area is 136 Å². The molecule has 0 aliphatic carbocycles. The van der Waals surface area contributed by atoms with Crippen LogP contribution in [0.15, 0.2) is 22.7 Å². The molecule has 7 heteroatoms. The predicted octanol–water partition coefficient (Wildman–Crippen LogP) is 1.70. The normalized spacial score (nSPS) is 19.1. The molecule has 0 saturated carbocycles. The maximum absolute atomic E-state index is 12.4. The molecule has 0 aromatic heterocycles. The van der Waals surface area contributed by atoms with Gasteiger partial charge in [0.05, 0.1) is 0 Å². The number of nitrogens with zero attached hydrogens (tertiary/aromatic N) is 1. The summed E-state index contributed by atoms with van der Waals surface area (Å²) in [6, 6.07) is 4.93. The SMILES string of the molecule is Cc1cc(N2CCC(NC(=O)C(C)C(=O)O)C2=O)ccc1Br. The molecule has 2 atom stereocenters. The molecule has 1 aliphatic heterocycles. The molecule has 1 aromatic carbocycles. The Morgan fingerprint density at radius 1 is 1.45 bits per heavy atom. The van der Waals surface area contributed by atoms with Gasteiger partial charge >= 0.3 is 5.97 Å². The Balaban J connectivity index is 2.08. The molecule has 1 aliphatic rings. The Morgan fingerprint density at radius 3 is 2.73 bits per heavy atom. The number of aliphatic carboxylic acids is 1. The molecular formula is C15H17BrN2O4. The van der Waals surface area contributed by atoms with Crippen LogP contribution in [0.3, 0.4) is 0 Å². The van der Waals surface area contributed by atoms with E-state index in [0.717, 1.165) is 15.7 Å². The fourth-order valence-electron chi connectivity index (χ4n) is 2.28. The van der Waals surface area contributed by atoms with Crippen LogP contribution >= 0.6 is 15.9 Å². The summed E-state index contributed by atoms with van der Waals surface area (Å²) in [4.78, 5) is 36.5. The lowest BCUT2D eigenvalue weighted by Crippen LogP contribution is -2.45. The van der Waals surface area contributed by atoms with Gasteiger partial charge in [-0.25, -0.2) is 0 Å². The number of benzene rings is 1. The van der Waals surface area contributed by atoms with Crippen LogP contribution in [0, 0.1) is 12.8 Å². The van der Waals surface area contributed by atoms with Crippen molar-refractivity contribution in [3.05, 3.63) is 28.2 Å². The van der Waals surface area contributed by atoms with Gasteiger partial charge in [0.15, 0.2) is 0 Å². The molecule has 118 valence electrons. The fourth-order valence-corrected chi connectivity index (χ4v) is 2.52. The summed E-state index contributed by atoms with van der Waals surface area (Å²) in [5.74, 6) is -3.23. The van der Waals surface area contributed by atoms with Gasteiger partial charge in [-0.3, -0.25) is 14.4 Å². The van der Waals surface area contributed by atoms with Crippen LogP contribution < -0.4 is 10.2 Å². The van der Waals surface area contributed by atoms with Crippen molar-refractivity contribution in [3.63, 3.8) is 0 Å². The number of anilines is 1. The Kier molecular flexibility index (Phi) is 4.85. The number of hydrogen-bond donors (Lipinski definition) is 2. The van der Waals surface area contributed by atoms with Crippen molar-refractivity contribution >= 4 is 39.4 Å². The number of nitrogens with one attached hydrogen (secondary N) is 1. The van der Waals surface area contributed by atoms with Crippen LogP contribution in [0.1, 0.15) is 18.9 Å². The fraction of sp³-hybridized carbons (Fsp3) is 0.400.